The number of methoxy groups -OCH3 is 1. The molecule has 0 fully saturated rings. The van der Waals surface area contributed by atoms with Crippen LogP contribution in [-0.4, -0.2) is 36.4 Å². The quantitative estimate of drug-likeness (QED) is 0.157. The first-order valence-electron chi connectivity index (χ1n) is 11.8. The molecule has 0 aliphatic heterocycles. The molecule has 9 heteroatoms. The van der Waals surface area contributed by atoms with E-state index < -0.39 is 5.91 Å². The van der Waals surface area contributed by atoms with Crippen LogP contribution in [0, 0.1) is 25.2 Å². The van der Waals surface area contributed by atoms with E-state index in [1.807, 2.05) is 68.4 Å². The van der Waals surface area contributed by atoms with E-state index in [-0.39, 0.29) is 5.57 Å². The topological polar surface area (TPSA) is 106 Å². The van der Waals surface area contributed by atoms with Gasteiger partial charge in [-0.05, 0) is 60.9 Å². The molecule has 1 heterocycles. The third kappa shape index (κ3) is 6.75. The van der Waals surface area contributed by atoms with Gasteiger partial charge < -0.3 is 14.2 Å². The van der Waals surface area contributed by atoms with Gasteiger partial charge in [-0.2, -0.15) is 5.26 Å². The van der Waals surface area contributed by atoms with Crippen molar-refractivity contribution in [1.29, 1.82) is 5.26 Å². The number of ether oxygens (including phenoxy) is 3. The molecular formula is C29H26N4O4S. The van der Waals surface area contributed by atoms with Crippen LogP contribution in [0.4, 0.5) is 5.13 Å². The van der Waals surface area contributed by atoms with E-state index in [2.05, 4.69) is 15.5 Å². The monoisotopic (exact) mass is 526 g/mol. The highest BCUT2D eigenvalue weighted by atomic mass is 32.1. The first-order valence-corrected chi connectivity index (χ1v) is 12.6. The Bertz CT molecular complexity index is 1510. The summed E-state index contributed by atoms with van der Waals surface area (Å²) in [5.41, 5.74) is 3.64. The third-order valence-electron chi connectivity index (χ3n) is 5.48. The van der Waals surface area contributed by atoms with Crippen LogP contribution in [0.2, 0.25) is 0 Å². The summed E-state index contributed by atoms with van der Waals surface area (Å²) in [4.78, 5) is 12.8. The number of carbonyl (C=O) groups excluding carboxylic acids is 1. The number of rotatable bonds is 10. The van der Waals surface area contributed by atoms with E-state index in [1.165, 1.54) is 24.5 Å². The predicted octanol–water partition coefficient (Wildman–Crippen LogP) is 5.83. The molecule has 0 spiro atoms. The number of amides is 1. The maximum Gasteiger partial charge on any atom is 0.268 e. The fourth-order valence-electron chi connectivity index (χ4n) is 3.58. The largest absolute Gasteiger partial charge is 0.493 e. The van der Waals surface area contributed by atoms with Gasteiger partial charge in [-0.15, -0.1) is 10.2 Å². The number of nitrogens with one attached hydrogen (secondary N) is 1. The fraction of sp³-hybridized carbons (Fsp3) is 0.172. The molecular weight excluding hydrogens is 500 g/mol. The number of aromatic nitrogens is 2. The molecule has 0 unspecified atom stereocenters. The second-order valence-electron chi connectivity index (χ2n) is 8.27. The molecule has 0 saturated carbocycles. The Hall–Kier alpha value is -4.68. The Morgan fingerprint density at radius 3 is 2.58 bits per heavy atom. The molecule has 38 heavy (non-hydrogen) atoms. The lowest BCUT2D eigenvalue weighted by atomic mass is 10.1. The zero-order valence-corrected chi connectivity index (χ0v) is 22.0. The van der Waals surface area contributed by atoms with Crippen molar-refractivity contribution in [2.75, 3.05) is 25.6 Å². The average Bonchev–Trinajstić information content (AvgIpc) is 3.38. The van der Waals surface area contributed by atoms with Crippen LogP contribution in [0.15, 0.2) is 72.3 Å². The molecule has 0 bridgehead atoms. The van der Waals surface area contributed by atoms with Gasteiger partial charge >= 0.3 is 0 Å². The van der Waals surface area contributed by atoms with Crippen LogP contribution in [0.3, 0.4) is 0 Å². The number of carbonyl (C=O) groups is 1. The Morgan fingerprint density at radius 1 is 1.00 bits per heavy atom. The SMILES string of the molecule is COc1cc(C=C(C#N)C(=O)Nc2nnc(-c3ccccc3C)s2)ccc1OCCOc1cccc(C)c1. The second kappa shape index (κ2) is 12.5. The summed E-state index contributed by atoms with van der Waals surface area (Å²) >= 11 is 1.24. The Balaban J connectivity index is 1.39. The highest BCUT2D eigenvalue weighted by Gasteiger charge is 2.15. The van der Waals surface area contributed by atoms with Gasteiger partial charge in [0.2, 0.25) is 5.13 Å². The minimum atomic E-state index is -0.576. The van der Waals surface area contributed by atoms with E-state index in [9.17, 15) is 10.1 Å². The van der Waals surface area contributed by atoms with Crippen molar-refractivity contribution in [3.8, 4) is 33.9 Å². The van der Waals surface area contributed by atoms with E-state index in [0.29, 0.717) is 40.4 Å². The smallest absolute Gasteiger partial charge is 0.268 e. The minimum Gasteiger partial charge on any atom is -0.493 e. The summed E-state index contributed by atoms with van der Waals surface area (Å²) in [6.45, 7) is 4.67. The van der Waals surface area contributed by atoms with Gasteiger partial charge in [0.25, 0.3) is 5.91 Å². The zero-order valence-electron chi connectivity index (χ0n) is 21.2. The summed E-state index contributed by atoms with van der Waals surface area (Å²) in [7, 11) is 1.53. The molecule has 0 radical (unpaired) electrons. The standard InChI is InChI=1S/C29H26N4O4S/c1-19-7-6-9-23(15-19)36-13-14-37-25-12-11-21(17-26(25)35-3)16-22(18-30)27(34)31-29-33-32-28(38-29)24-10-5-4-8-20(24)2/h4-12,15-17H,13-14H2,1-3H3,(H,31,33,34). The molecule has 4 aromatic rings. The highest BCUT2D eigenvalue weighted by molar-refractivity contribution is 7.18. The number of benzene rings is 3. The average molecular weight is 527 g/mol. The Morgan fingerprint density at radius 2 is 1.82 bits per heavy atom. The number of anilines is 1. The summed E-state index contributed by atoms with van der Waals surface area (Å²) in [6.07, 6.45) is 1.48. The molecule has 192 valence electrons. The molecule has 1 amide bonds. The predicted molar refractivity (Wildman–Crippen MR) is 147 cm³/mol. The van der Waals surface area contributed by atoms with Crippen LogP contribution in [0.5, 0.6) is 17.2 Å². The van der Waals surface area contributed by atoms with Gasteiger partial charge in [0, 0.05) is 5.56 Å². The van der Waals surface area contributed by atoms with E-state index in [1.54, 1.807) is 18.2 Å². The van der Waals surface area contributed by atoms with Gasteiger partial charge in [0.1, 0.15) is 35.6 Å². The lowest BCUT2D eigenvalue weighted by Gasteiger charge is -2.12. The summed E-state index contributed by atoms with van der Waals surface area (Å²) in [6, 6.07) is 22.7. The number of hydrogen-bond acceptors (Lipinski definition) is 8. The van der Waals surface area contributed by atoms with Crippen molar-refractivity contribution in [2.45, 2.75) is 13.8 Å². The normalized spacial score (nSPS) is 10.9. The van der Waals surface area contributed by atoms with Gasteiger partial charge in [0.15, 0.2) is 11.5 Å². The lowest BCUT2D eigenvalue weighted by Crippen LogP contribution is -2.13. The van der Waals surface area contributed by atoms with Gasteiger partial charge in [-0.25, -0.2) is 0 Å². The van der Waals surface area contributed by atoms with E-state index in [4.69, 9.17) is 14.2 Å². The van der Waals surface area contributed by atoms with Crippen LogP contribution < -0.4 is 19.5 Å². The van der Waals surface area contributed by atoms with E-state index >= 15 is 0 Å². The lowest BCUT2D eigenvalue weighted by molar-refractivity contribution is -0.112. The summed E-state index contributed by atoms with van der Waals surface area (Å²) in [5.74, 6) is 1.20. The number of hydrogen-bond donors (Lipinski definition) is 1. The van der Waals surface area contributed by atoms with Crippen molar-refractivity contribution < 1.29 is 19.0 Å². The van der Waals surface area contributed by atoms with Crippen LogP contribution >= 0.6 is 11.3 Å². The maximum absolute atomic E-state index is 12.8. The van der Waals surface area contributed by atoms with Crippen molar-refractivity contribution in [2.24, 2.45) is 0 Å². The van der Waals surface area contributed by atoms with Crippen LogP contribution in [0.25, 0.3) is 16.6 Å². The molecule has 1 aromatic heterocycles. The molecule has 0 aliphatic carbocycles. The summed E-state index contributed by atoms with van der Waals surface area (Å²) in [5, 5.41) is 21.5. The molecule has 4 rings (SSSR count). The van der Waals surface area contributed by atoms with Crippen LogP contribution in [0.1, 0.15) is 16.7 Å². The van der Waals surface area contributed by atoms with Crippen LogP contribution in [-0.2, 0) is 4.79 Å². The second-order valence-corrected chi connectivity index (χ2v) is 9.25. The van der Waals surface area contributed by atoms with Crippen molar-refractivity contribution >= 4 is 28.5 Å². The van der Waals surface area contributed by atoms with Gasteiger partial charge in [0.05, 0.1) is 7.11 Å². The zero-order chi connectivity index (χ0) is 26.9. The van der Waals surface area contributed by atoms with Crippen molar-refractivity contribution in [3.63, 3.8) is 0 Å². The molecule has 0 atom stereocenters. The molecule has 3 aromatic carbocycles. The summed E-state index contributed by atoms with van der Waals surface area (Å²) < 4.78 is 17.0. The molecule has 0 aliphatic rings. The van der Waals surface area contributed by atoms with E-state index in [0.717, 1.165) is 22.4 Å². The maximum atomic E-state index is 12.8. The van der Waals surface area contributed by atoms with Gasteiger partial charge in [-0.1, -0.05) is 53.8 Å². The first kappa shape index (κ1) is 26.4. The number of nitriles is 1. The molecule has 8 nitrogen and oxygen atoms in total. The fourth-order valence-corrected chi connectivity index (χ4v) is 4.41. The Labute approximate surface area is 225 Å². The highest BCUT2D eigenvalue weighted by Crippen LogP contribution is 2.30. The molecule has 1 N–H and O–H groups in total. The minimum absolute atomic E-state index is 0.0834. The number of aryl methyl sites for hydroxylation is 2. The Kier molecular flexibility index (Phi) is 8.69. The molecule has 0 saturated heterocycles. The van der Waals surface area contributed by atoms with Crippen molar-refractivity contribution in [1.82, 2.24) is 10.2 Å². The third-order valence-corrected chi connectivity index (χ3v) is 6.36. The van der Waals surface area contributed by atoms with Gasteiger partial charge in [-0.3, -0.25) is 10.1 Å². The van der Waals surface area contributed by atoms with Crippen molar-refractivity contribution in [3.05, 3.63) is 89.0 Å². The first-order chi connectivity index (χ1) is 18.5. The number of nitrogens with zero attached hydrogens (tertiary/aromatic N) is 3.